The van der Waals surface area contributed by atoms with Crippen LogP contribution in [0.1, 0.15) is 0 Å². The Labute approximate surface area is 74.9 Å². The predicted octanol–water partition coefficient (Wildman–Crippen LogP) is 3.00. The molecule has 0 aliphatic rings. The van der Waals surface area contributed by atoms with E-state index < -0.39 is 0 Å². The zero-order valence-corrected chi connectivity index (χ0v) is 7.10. The van der Waals surface area contributed by atoms with E-state index >= 15 is 0 Å². The lowest BCUT2D eigenvalue weighted by atomic mass is 10.2. The quantitative estimate of drug-likeness (QED) is 0.678. The van der Waals surface area contributed by atoms with Crippen molar-refractivity contribution in [3.63, 3.8) is 0 Å². The standard InChI is InChI=1S/C9H7NOS/c12-9-10-6-8(11-9)7-4-2-1-3-5-7/h1-6H,(H,10,12). The molecule has 1 N–H and O–H groups in total. The van der Waals surface area contributed by atoms with Crippen LogP contribution in [-0.2, 0) is 0 Å². The fourth-order valence-corrected chi connectivity index (χ4v) is 1.18. The van der Waals surface area contributed by atoms with Gasteiger partial charge in [-0.2, -0.15) is 0 Å². The third-order valence-corrected chi connectivity index (χ3v) is 1.78. The highest BCUT2D eigenvalue weighted by atomic mass is 32.1. The van der Waals surface area contributed by atoms with Gasteiger partial charge in [0.1, 0.15) is 0 Å². The summed E-state index contributed by atoms with van der Waals surface area (Å²) in [6.45, 7) is 0. The van der Waals surface area contributed by atoms with E-state index in [1.54, 1.807) is 6.20 Å². The SMILES string of the molecule is S=c1[nH]cc(-c2ccccc2)o1. The lowest BCUT2D eigenvalue weighted by molar-refractivity contribution is 0.554. The summed E-state index contributed by atoms with van der Waals surface area (Å²) in [4.78, 5) is 3.23. The van der Waals surface area contributed by atoms with Gasteiger partial charge < -0.3 is 9.40 Å². The zero-order chi connectivity index (χ0) is 8.39. The Bertz CT molecular complexity index is 415. The Morgan fingerprint density at radius 1 is 1.17 bits per heavy atom. The second-order valence-electron chi connectivity index (χ2n) is 2.41. The summed E-state index contributed by atoms with van der Waals surface area (Å²) in [5.74, 6) is 0.778. The summed E-state index contributed by atoms with van der Waals surface area (Å²) in [5.41, 5.74) is 1.03. The van der Waals surface area contributed by atoms with Crippen molar-refractivity contribution in [3.8, 4) is 11.3 Å². The van der Waals surface area contributed by atoms with Gasteiger partial charge in [-0.1, -0.05) is 30.3 Å². The molecule has 1 heterocycles. The van der Waals surface area contributed by atoms with Crippen LogP contribution >= 0.6 is 12.2 Å². The molecule has 0 unspecified atom stereocenters. The van der Waals surface area contributed by atoms with E-state index in [0.29, 0.717) is 4.84 Å². The fourth-order valence-electron chi connectivity index (χ4n) is 1.03. The number of hydrogen-bond donors (Lipinski definition) is 1. The molecule has 0 saturated heterocycles. The zero-order valence-electron chi connectivity index (χ0n) is 6.28. The highest BCUT2D eigenvalue weighted by Gasteiger charge is 1.98. The molecule has 2 rings (SSSR count). The molecule has 2 aromatic rings. The number of H-pyrrole nitrogens is 1. The Morgan fingerprint density at radius 3 is 2.50 bits per heavy atom. The van der Waals surface area contributed by atoms with E-state index in [1.165, 1.54) is 0 Å². The molecule has 0 amide bonds. The van der Waals surface area contributed by atoms with Crippen molar-refractivity contribution in [3.05, 3.63) is 41.4 Å². The molecule has 0 aliphatic carbocycles. The van der Waals surface area contributed by atoms with Gasteiger partial charge >= 0.3 is 0 Å². The molecule has 1 aromatic heterocycles. The summed E-state index contributed by atoms with van der Waals surface area (Å²) >= 11 is 4.81. The van der Waals surface area contributed by atoms with Gasteiger partial charge in [0.05, 0.1) is 0 Å². The molecular formula is C9H7NOS. The van der Waals surface area contributed by atoms with Crippen molar-refractivity contribution in [2.45, 2.75) is 0 Å². The average Bonchev–Trinajstić information content (AvgIpc) is 2.54. The molecule has 12 heavy (non-hydrogen) atoms. The Morgan fingerprint density at radius 2 is 1.92 bits per heavy atom. The molecule has 0 aliphatic heterocycles. The third kappa shape index (κ3) is 1.31. The smallest absolute Gasteiger partial charge is 0.266 e. The fraction of sp³-hybridized carbons (Fsp3) is 0. The minimum atomic E-state index is 0.411. The number of aromatic amines is 1. The lowest BCUT2D eigenvalue weighted by Crippen LogP contribution is -1.69. The number of rotatable bonds is 1. The van der Waals surface area contributed by atoms with E-state index in [1.807, 2.05) is 30.3 Å². The van der Waals surface area contributed by atoms with Crippen LogP contribution in [0.4, 0.5) is 0 Å². The Kier molecular flexibility index (Phi) is 1.80. The average molecular weight is 177 g/mol. The van der Waals surface area contributed by atoms with Gasteiger partial charge in [0.15, 0.2) is 5.76 Å². The molecule has 0 atom stereocenters. The number of hydrogen-bond acceptors (Lipinski definition) is 2. The van der Waals surface area contributed by atoms with Crippen LogP contribution < -0.4 is 0 Å². The highest BCUT2D eigenvalue weighted by Crippen LogP contribution is 2.17. The van der Waals surface area contributed by atoms with Crippen molar-refractivity contribution < 1.29 is 4.42 Å². The normalized spacial score (nSPS) is 10.0. The van der Waals surface area contributed by atoms with Gasteiger partial charge in [0.2, 0.25) is 0 Å². The van der Waals surface area contributed by atoms with Gasteiger partial charge in [-0.25, -0.2) is 0 Å². The first-order chi connectivity index (χ1) is 5.86. The van der Waals surface area contributed by atoms with Crippen LogP contribution in [0.3, 0.4) is 0 Å². The summed E-state index contributed by atoms with van der Waals surface area (Å²) in [7, 11) is 0. The van der Waals surface area contributed by atoms with Crippen LogP contribution in [-0.4, -0.2) is 4.98 Å². The Balaban J connectivity index is 2.51. The summed E-state index contributed by atoms with van der Waals surface area (Å²) in [6.07, 6.45) is 1.76. The molecule has 2 nitrogen and oxygen atoms in total. The summed E-state index contributed by atoms with van der Waals surface area (Å²) in [6, 6.07) is 9.83. The minimum Gasteiger partial charge on any atom is -0.429 e. The van der Waals surface area contributed by atoms with Crippen molar-refractivity contribution in [1.29, 1.82) is 0 Å². The van der Waals surface area contributed by atoms with Crippen molar-refractivity contribution >= 4 is 12.2 Å². The van der Waals surface area contributed by atoms with E-state index in [2.05, 4.69) is 4.98 Å². The molecule has 1 aromatic carbocycles. The van der Waals surface area contributed by atoms with Crippen molar-refractivity contribution in [2.75, 3.05) is 0 Å². The van der Waals surface area contributed by atoms with Gasteiger partial charge in [-0.15, -0.1) is 0 Å². The monoisotopic (exact) mass is 177 g/mol. The van der Waals surface area contributed by atoms with E-state index in [4.69, 9.17) is 16.6 Å². The molecule has 0 radical (unpaired) electrons. The molecule has 0 spiro atoms. The first-order valence-corrected chi connectivity index (χ1v) is 4.01. The van der Waals surface area contributed by atoms with Crippen LogP contribution in [0.25, 0.3) is 11.3 Å². The summed E-state index contributed by atoms with van der Waals surface area (Å²) < 4.78 is 5.23. The first kappa shape index (κ1) is 7.31. The predicted molar refractivity (Wildman–Crippen MR) is 49.3 cm³/mol. The lowest BCUT2D eigenvalue weighted by Gasteiger charge is -1.91. The maximum Gasteiger partial charge on any atom is 0.266 e. The molecule has 0 saturated carbocycles. The van der Waals surface area contributed by atoms with Crippen molar-refractivity contribution in [2.24, 2.45) is 0 Å². The van der Waals surface area contributed by atoms with E-state index in [0.717, 1.165) is 11.3 Å². The first-order valence-electron chi connectivity index (χ1n) is 3.60. The number of aromatic nitrogens is 1. The second-order valence-corrected chi connectivity index (χ2v) is 2.78. The topological polar surface area (TPSA) is 28.9 Å². The third-order valence-electron chi connectivity index (χ3n) is 1.58. The molecule has 60 valence electrons. The van der Waals surface area contributed by atoms with Gasteiger partial charge in [0, 0.05) is 11.8 Å². The second kappa shape index (κ2) is 2.95. The van der Waals surface area contributed by atoms with Crippen LogP contribution in [0.15, 0.2) is 40.9 Å². The maximum atomic E-state index is 5.23. The minimum absolute atomic E-state index is 0.411. The van der Waals surface area contributed by atoms with Crippen molar-refractivity contribution in [1.82, 2.24) is 4.98 Å². The van der Waals surface area contributed by atoms with Crippen LogP contribution in [0.5, 0.6) is 0 Å². The number of benzene rings is 1. The maximum absolute atomic E-state index is 5.23. The molecule has 0 fully saturated rings. The van der Waals surface area contributed by atoms with Crippen LogP contribution in [0, 0.1) is 4.84 Å². The van der Waals surface area contributed by atoms with Gasteiger partial charge in [0.25, 0.3) is 4.84 Å². The van der Waals surface area contributed by atoms with E-state index in [9.17, 15) is 0 Å². The molecule has 0 bridgehead atoms. The summed E-state index contributed by atoms with van der Waals surface area (Å²) in [5, 5.41) is 0. The van der Waals surface area contributed by atoms with Gasteiger partial charge in [-0.05, 0) is 12.2 Å². The van der Waals surface area contributed by atoms with E-state index in [-0.39, 0.29) is 0 Å². The van der Waals surface area contributed by atoms with Gasteiger partial charge in [-0.3, -0.25) is 0 Å². The van der Waals surface area contributed by atoms with Crippen LogP contribution in [0.2, 0.25) is 0 Å². The number of nitrogens with one attached hydrogen (secondary N) is 1. The Hall–Kier alpha value is -1.35. The number of oxazole rings is 1. The molecular weight excluding hydrogens is 170 g/mol. The largest absolute Gasteiger partial charge is 0.429 e. The molecule has 3 heteroatoms. The highest BCUT2D eigenvalue weighted by molar-refractivity contribution is 7.71.